The van der Waals surface area contributed by atoms with Crippen LogP contribution in [0.1, 0.15) is 41.4 Å². The first-order valence-corrected chi connectivity index (χ1v) is 12.1. The van der Waals surface area contributed by atoms with Gasteiger partial charge in [-0.25, -0.2) is 4.98 Å². The Kier molecular flexibility index (Phi) is 7.86. The number of nitrogen functional groups attached to an aromatic ring is 1. The molecular formula is C30H32N4O3. The first kappa shape index (κ1) is 25.9. The van der Waals surface area contributed by atoms with E-state index in [4.69, 9.17) is 5.73 Å². The Balaban J connectivity index is 1.41. The van der Waals surface area contributed by atoms with Crippen molar-refractivity contribution in [2.45, 2.75) is 31.9 Å². The summed E-state index contributed by atoms with van der Waals surface area (Å²) in [5, 5.41) is 27.1. The number of benzene rings is 3. The smallest absolute Gasteiger partial charge is 0.255 e. The number of hydrogen-bond acceptors (Lipinski definition) is 6. The third-order valence-corrected chi connectivity index (χ3v) is 6.16. The van der Waals surface area contributed by atoms with Crippen molar-refractivity contribution in [3.05, 3.63) is 108 Å². The number of anilines is 2. The maximum atomic E-state index is 13.0. The summed E-state index contributed by atoms with van der Waals surface area (Å²) < 4.78 is 0. The topological polar surface area (TPSA) is 120 Å². The number of carbonyl (C=O) groups is 1. The molecule has 0 unspecified atom stereocenters. The summed E-state index contributed by atoms with van der Waals surface area (Å²) >= 11 is 0. The third kappa shape index (κ3) is 6.94. The van der Waals surface area contributed by atoms with Gasteiger partial charge in [0.25, 0.3) is 5.91 Å². The molecule has 37 heavy (non-hydrogen) atoms. The van der Waals surface area contributed by atoms with Crippen molar-refractivity contribution in [3.63, 3.8) is 0 Å². The van der Waals surface area contributed by atoms with Crippen LogP contribution in [0.3, 0.4) is 0 Å². The number of β-amino-alcohol motifs (C(OH)–C–C–N with tert-alkyl or cyclic N) is 1. The van der Waals surface area contributed by atoms with Crippen LogP contribution in [-0.4, -0.2) is 33.2 Å². The molecule has 1 aromatic heterocycles. The van der Waals surface area contributed by atoms with E-state index in [9.17, 15) is 15.0 Å². The third-order valence-electron chi connectivity index (χ3n) is 6.16. The standard InChI is InChI=1S/C30H32N4O3/c1-30(2,33-19-27(36)24-12-14-28(31)32-18-24)17-20-7-6-10-23(15-20)29(37)34-25-16-22(11-13-26(25)35)21-8-4-3-5-9-21/h3-16,18,27,33,35-36H,17,19H2,1-2H3,(H2,31,32)(H,34,37)/t27-/m0/s1. The fourth-order valence-electron chi connectivity index (χ4n) is 4.14. The number of phenols is 1. The average molecular weight is 497 g/mol. The lowest BCUT2D eigenvalue weighted by Crippen LogP contribution is -2.43. The highest BCUT2D eigenvalue weighted by molar-refractivity contribution is 6.05. The van der Waals surface area contributed by atoms with Gasteiger partial charge in [0, 0.05) is 29.4 Å². The quantitative estimate of drug-likeness (QED) is 0.210. The number of amides is 1. The van der Waals surface area contributed by atoms with Crippen LogP contribution in [0.4, 0.5) is 11.5 Å². The lowest BCUT2D eigenvalue weighted by molar-refractivity contribution is 0.102. The minimum atomic E-state index is -0.719. The molecule has 0 fully saturated rings. The largest absolute Gasteiger partial charge is 0.506 e. The van der Waals surface area contributed by atoms with E-state index in [2.05, 4.69) is 15.6 Å². The van der Waals surface area contributed by atoms with Crippen LogP contribution in [-0.2, 0) is 6.42 Å². The predicted molar refractivity (Wildman–Crippen MR) is 147 cm³/mol. The number of aromatic nitrogens is 1. The number of nitrogens with zero attached hydrogens (tertiary/aromatic N) is 1. The molecule has 4 aromatic rings. The normalized spacial score (nSPS) is 12.2. The first-order chi connectivity index (χ1) is 17.7. The summed E-state index contributed by atoms with van der Waals surface area (Å²) in [5.74, 6) is 0.107. The van der Waals surface area contributed by atoms with Gasteiger partial charge in [0.15, 0.2) is 0 Å². The van der Waals surface area contributed by atoms with Crippen LogP contribution in [0.15, 0.2) is 91.1 Å². The molecule has 0 aliphatic carbocycles. The molecular weight excluding hydrogens is 464 g/mol. The highest BCUT2D eigenvalue weighted by atomic mass is 16.3. The molecule has 7 nitrogen and oxygen atoms in total. The minimum Gasteiger partial charge on any atom is -0.506 e. The molecule has 3 aromatic carbocycles. The van der Waals surface area contributed by atoms with Gasteiger partial charge in [0.1, 0.15) is 11.6 Å². The highest BCUT2D eigenvalue weighted by Gasteiger charge is 2.21. The zero-order valence-electron chi connectivity index (χ0n) is 21.0. The Bertz CT molecular complexity index is 1360. The van der Waals surface area contributed by atoms with Gasteiger partial charge in [-0.3, -0.25) is 4.79 Å². The van der Waals surface area contributed by atoms with Crippen molar-refractivity contribution in [2.75, 3.05) is 17.6 Å². The number of pyridine rings is 1. The lowest BCUT2D eigenvalue weighted by atomic mass is 9.93. The van der Waals surface area contributed by atoms with Crippen LogP contribution in [0.2, 0.25) is 0 Å². The van der Waals surface area contributed by atoms with Crippen molar-refractivity contribution < 1.29 is 15.0 Å². The Hall–Kier alpha value is -4.20. The van der Waals surface area contributed by atoms with E-state index in [0.29, 0.717) is 35.6 Å². The van der Waals surface area contributed by atoms with Crippen molar-refractivity contribution in [3.8, 4) is 16.9 Å². The molecule has 0 spiro atoms. The average Bonchev–Trinajstić information content (AvgIpc) is 2.89. The number of aromatic hydroxyl groups is 1. The highest BCUT2D eigenvalue weighted by Crippen LogP contribution is 2.30. The van der Waals surface area contributed by atoms with E-state index < -0.39 is 6.10 Å². The van der Waals surface area contributed by atoms with Gasteiger partial charge in [-0.2, -0.15) is 0 Å². The maximum absolute atomic E-state index is 13.0. The number of aliphatic hydroxyl groups excluding tert-OH is 1. The first-order valence-electron chi connectivity index (χ1n) is 12.1. The number of rotatable bonds is 9. The van der Waals surface area contributed by atoms with E-state index >= 15 is 0 Å². The number of nitrogens with one attached hydrogen (secondary N) is 2. The van der Waals surface area contributed by atoms with Crippen LogP contribution >= 0.6 is 0 Å². The SMILES string of the molecule is CC(C)(Cc1cccc(C(=O)Nc2cc(-c3ccccc3)ccc2O)c1)NC[C@H](O)c1ccc(N)nc1. The predicted octanol–water partition coefficient (Wildman–Crippen LogP) is 4.93. The molecule has 7 heteroatoms. The summed E-state index contributed by atoms with van der Waals surface area (Å²) in [6.07, 6.45) is 1.49. The Morgan fingerprint density at radius 3 is 2.49 bits per heavy atom. The summed E-state index contributed by atoms with van der Waals surface area (Å²) in [5.41, 5.74) is 9.66. The molecule has 1 heterocycles. The molecule has 190 valence electrons. The fraction of sp³-hybridized carbons (Fsp3) is 0.200. The van der Waals surface area contributed by atoms with E-state index in [1.54, 1.807) is 36.5 Å². The maximum Gasteiger partial charge on any atom is 0.255 e. The fourth-order valence-corrected chi connectivity index (χ4v) is 4.14. The summed E-state index contributed by atoms with van der Waals surface area (Å²) in [6, 6.07) is 25.8. The zero-order chi connectivity index (χ0) is 26.4. The second-order valence-corrected chi connectivity index (χ2v) is 9.73. The Morgan fingerprint density at radius 2 is 1.76 bits per heavy atom. The molecule has 1 amide bonds. The molecule has 0 bridgehead atoms. The molecule has 0 saturated heterocycles. The van der Waals surface area contributed by atoms with Crippen LogP contribution in [0.5, 0.6) is 5.75 Å². The van der Waals surface area contributed by atoms with E-state index in [1.165, 1.54) is 0 Å². The number of phenolic OH excluding ortho intramolecular Hbond substituents is 1. The van der Waals surface area contributed by atoms with Gasteiger partial charge < -0.3 is 26.6 Å². The van der Waals surface area contributed by atoms with Crippen LogP contribution < -0.4 is 16.4 Å². The van der Waals surface area contributed by atoms with Gasteiger partial charge in [-0.05, 0) is 67.3 Å². The Labute approximate surface area is 217 Å². The van der Waals surface area contributed by atoms with Gasteiger partial charge in [0.05, 0.1) is 11.8 Å². The van der Waals surface area contributed by atoms with Crippen LogP contribution in [0.25, 0.3) is 11.1 Å². The number of nitrogens with two attached hydrogens (primary N) is 1. The monoisotopic (exact) mass is 496 g/mol. The van der Waals surface area contributed by atoms with Gasteiger partial charge in [-0.15, -0.1) is 0 Å². The molecule has 0 radical (unpaired) electrons. The number of carbonyl (C=O) groups excluding carboxylic acids is 1. The second kappa shape index (κ2) is 11.2. The lowest BCUT2D eigenvalue weighted by Gasteiger charge is -2.28. The van der Waals surface area contributed by atoms with Gasteiger partial charge in [-0.1, -0.05) is 54.6 Å². The zero-order valence-corrected chi connectivity index (χ0v) is 21.0. The minimum absolute atomic E-state index is 0.00405. The van der Waals surface area contributed by atoms with Gasteiger partial charge in [0.2, 0.25) is 0 Å². The van der Waals surface area contributed by atoms with Crippen molar-refractivity contribution in [2.24, 2.45) is 0 Å². The van der Waals surface area contributed by atoms with E-state index in [1.807, 2.05) is 68.4 Å². The van der Waals surface area contributed by atoms with Crippen molar-refractivity contribution >= 4 is 17.4 Å². The summed E-state index contributed by atoms with van der Waals surface area (Å²) in [4.78, 5) is 17.1. The molecule has 4 rings (SSSR count). The van der Waals surface area contributed by atoms with E-state index in [0.717, 1.165) is 16.7 Å². The molecule has 1 atom stereocenters. The Morgan fingerprint density at radius 1 is 0.973 bits per heavy atom. The molecule has 6 N–H and O–H groups in total. The van der Waals surface area contributed by atoms with Gasteiger partial charge >= 0.3 is 0 Å². The molecule has 0 saturated carbocycles. The number of aliphatic hydroxyl groups is 1. The molecule has 0 aliphatic heterocycles. The summed E-state index contributed by atoms with van der Waals surface area (Å²) in [6.45, 7) is 4.43. The van der Waals surface area contributed by atoms with Crippen molar-refractivity contribution in [1.82, 2.24) is 10.3 Å². The number of hydrogen-bond donors (Lipinski definition) is 5. The second-order valence-electron chi connectivity index (χ2n) is 9.73. The van der Waals surface area contributed by atoms with Crippen LogP contribution in [0, 0.1) is 0 Å². The summed E-state index contributed by atoms with van der Waals surface area (Å²) in [7, 11) is 0. The molecule has 0 aliphatic rings. The van der Waals surface area contributed by atoms with E-state index in [-0.39, 0.29) is 17.2 Å². The van der Waals surface area contributed by atoms with Crippen molar-refractivity contribution in [1.29, 1.82) is 0 Å².